The number of aromatic amines is 3. The number of pyridine rings is 2. The molecular weight excluding hydrogens is 1250 g/mol. The number of hydrogen-bond acceptors (Lipinski definition) is 12. The van der Waals surface area contributed by atoms with Crippen LogP contribution in [0, 0.1) is 0 Å². The molecule has 2 atom stereocenters. The first-order valence-electron chi connectivity index (χ1n) is 28.3. The fourth-order valence-corrected chi connectivity index (χ4v) is 11.5. The predicted octanol–water partition coefficient (Wildman–Crippen LogP) is 13.6. The Morgan fingerprint density at radius 3 is 1.50 bits per heavy atom. The van der Waals surface area contributed by atoms with E-state index in [4.69, 9.17) is 70.6 Å². The predicted molar refractivity (Wildman–Crippen MR) is 356 cm³/mol. The molecule has 2 aliphatic heterocycles. The van der Waals surface area contributed by atoms with Crippen molar-refractivity contribution in [1.29, 1.82) is 0 Å². The number of methoxy groups -OCH3 is 2. The average Bonchev–Trinajstić information content (AvgIpc) is 1.62. The SMILES string of the molecule is COc1ccc(CN2C(=O)C(CCc3ccccc3Cl)N=C(c3cnc4[nH]c(=O)[nH]c4c3)c3cc(Cl)ccc32)cc1.COc1ccc(CN2C(=O)C(CCc3ccccc3Cl)N=C(c3cnc4[nH]c(=O)n(C(=O)OC(C)(C)C)c4c3)c3cc(Cl)ccc32)cc1.Cl. The number of aryl methyl sites for hydroxylation is 2. The number of anilines is 2. The molecule has 0 spiro atoms. The molecule has 23 heteroatoms. The zero-order chi connectivity index (χ0) is 62.7. The second-order valence-corrected chi connectivity index (χ2v) is 23.8. The maximum Gasteiger partial charge on any atom is 0.423 e. The topological polar surface area (TPSA) is 222 Å². The number of imidazole rings is 2. The number of aromatic nitrogens is 6. The summed E-state index contributed by atoms with van der Waals surface area (Å²) in [6, 6.07) is 42.8. The molecular formula is C67H59Cl5N10O8. The summed E-state index contributed by atoms with van der Waals surface area (Å²) in [6.07, 6.45) is 4.19. The summed E-state index contributed by atoms with van der Waals surface area (Å²) in [7, 11) is 3.22. The van der Waals surface area contributed by atoms with Crippen molar-refractivity contribution in [2.45, 2.75) is 77.2 Å². The van der Waals surface area contributed by atoms with E-state index in [1.807, 2.05) is 109 Å². The van der Waals surface area contributed by atoms with Crippen LogP contribution < -0.4 is 30.7 Å². The maximum atomic E-state index is 14.5. The van der Waals surface area contributed by atoms with Crippen LogP contribution in [0.5, 0.6) is 11.5 Å². The maximum absolute atomic E-state index is 14.5. The molecule has 460 valence electrons. The Morgan fingerprint density at radius 1 is 0.567 bits per heavy atom. The number of benzene rings is 6. The first kappa shape index (κ1) is 64.0. The van der Waals surface area contributed by atoms with Crippen LogP contribution in [-0.2, 0) is 40.3 Å². The van der Waals surface area contributed by atoms with Crippen molar-refractivity contribution in [3.63, 3.8) is 0 Å². The number of fused-ring (bicyclic) bond motifs is 4. The Hall–Kier alpha value is -9.04. The van der Waals surface area contributed by atoms with Gasteiger partial charge in [-0.15, -0.1) is 12.4 Å². The minimum Gasteiger partial charge on any atom is -0.497 e. The molecule has 10 aromatic rings. The number of nitrogens with zero attached hydrogens (tertiary/aromatic N) is 7. The summed E-state index contributed by atoms with van der Waals surface area (Å²) < 4.78 is 17.1. The van der Waals surface area contributed by atoms with Gasteiger partial charge in [-0.1, -0.05) is 107 Å². The Bertz CT molecular complexity index is 4540. The van der Waals surface area contributed by atoms with Gasteiger partial charge in [0.15, 0.2) is 11.3 Å². The van der Waals surface area contributed by atoms with Gasteiger partial charge in [-0.3, -0.25) is 29.5 Å². The number of nitrogens with one attached hydrogen (secondary N) is 3. The highest BCUT2D eigenvalue weighted by atomic mass is 35.5. The average molecular weight is 1310 g/mol. The third-order valence-corrected chi connectivity index (χ3v) is 16.2. The number of carbonyl (C=O) groups is 3. The van der Waals surface area contributed by atoms with Crippen LogP contribution in [-0.4, -0.2) is 90.7 Å². The molecule has 0 saturated heterocycles. The van der Waals surface area contributed by atoms with Gasteiger partial charge >= 0.3 is 17.5 Å². The van der Waals surface area contributed by atoms with Crippen molar-refractivity contribution < 1.29 is 28.6 Å². The molecule has 0 bridgehead atoms. The van der Waals surface area contributed by atoms with E-state index < -0.39 is 29.5 Å². The number of halogens is 5. The molecule has 0 saturated carbocycles. The summed E-state index contributed by atoms with van der Waals surface area (Å²) in [6.45, 7) is 5.73. The van der Waals surface area contributed by atoms with E-state index in [9.17, 15) is 24.0 Å². The summed E-state index contributed by atoms with van der Waals surface area (Å²) in [5.41, 5.74) is 7.83. The second-order valence-electron chi connectivity index (χ2n) is 22.2. The summed E-state index contributed by atoms with van der Waals surface area (Å²) >= 11 is 26.0. The van der Waals surface area contributed by atoms with Crippen LogP contribution in [0.2, 0.25) is 20.1 Å². The molecule has 0 radical (unpaired) electrons. The van der Waals surface area contributed by atoms with E-state index in [2.05, 4.69) is 24.9 Å². The molecule has 4 aromatic heterocycles. The van der Waals surface area contributed by atoms with Crippen molar-refractivity contribution in [2.75, 3.05) is 24.0 Å². The largest absolute Gasteiger partial charge is 0.497 e. The second kappa shape index (κ2) is 27.4. The van der Waals surface area contributed by atoms with Crippen LogP contribution in [0.4, 0.5) is 16.2 Å². The van der Waals surface area contributed by atoms with Crippen molar-refractivity contribution >= 4 is 122 Å². The highest BCUT2D eigenvalue weighted by molar-refractivity contribution is 6.33. The Labute approximate surface area is 542 Å². The normalized spacial score (nSPS) is 14.7. The van der Waals surface area contributed by atoms with E-state index >= 15 is 0 Å². The Balaban J connectivity index is 0.000000198. The third kappa shape index (κ3) is 14.2. The van der Waals surface area contributed by atoms with Crippen LogP contribution in [0.3, 0.4) is 0 Å². The van der Waals surface area contributed by atoms with Gasteiger partial charge in [-0.25, -0.2) is 24.4 Å². The molecule has 90 heavy (non-hydrogen) atoms. The van der Waals surface area contributed by atoms with Crippen LogP contribution in [0.15, 0.2) is 178 Å². The highest BCUT2D eigenvalue weighted by Crippen LogP contribution is 2.37. The van der Waals surface area contributed by atoms with Crippen LogP contribution in [0.25, 0.3) is 22.3 Å². The van der Waals surface area contributed by atoms with Gasteiger partial charge in [-0.05, 0) is 154 Å². The number of H-pyrrole nitrogens is 3. The highest BCUT2D eigenvalue weighted by Gasteiger charge is 2.35. The zero-order valence-electron chi connectivity index (χ0n) is 49.2. The van der Waals surface area contributed by atoms with E-state index in [0.717, 1.165) is 32.6 Å². The van der Waals surface area contributed by atoms with E-state index in [1.54, 1.807) is 93.6 Å². The van der Waals surface area contributed by atoms with Crippen LogP contribution in [0.1, 0.15) is 78.1 Å². The first-order valence-corrected chi connectivity index (χ1v) is 29.9. The lowest BCUT2D eigenvalue weighted by atomic mass is 10.0. The van der Waals surface area contributed by atoms with Gasteiger partial charge in [0.1, 0.15) is 34.7 Å². The Kier molecular flexibility index (Phi) is 19.5. The number of rotatable bonds is 14. The van der Waals surface area contributed by atoms with Gasteiger partial charge < -0.3 is 29.0 Å². The number of hydrogen-bond donors (Lipinski definition) is 3. The standard InChI is InChI=1S/C36H33Cl2N5O5.C31H25Cl2N5O3.ClH/c1-36(2,3)48-35(46)43-30-17-23(19-39-32(30)41-34(43)45)31-26-18-24(37)12-16-29(26)42(20-21-9-13-25(47-4)14-10-21)33(44)28(40-31)15-11-22-7-5-6-8-27(22)38;1-41-22-10-6-18(7-11-22)17-38-27-13-9-21(32)15-23(27)28(20-14-26-29(34-16-20)37-31(40)36-26)35-25(30(38)39)12-8-19-4-2-3-5-24(19)33;/h5-10,12-14,16-19,28H,11,15,20H2,1-4H3,(H,39,41,45);2-7,9-11,13-16,25H,8,12,17H2,1H3,(H2,34,36,37,40);1H. The smallest absolute Gasteiger partial charge is 0.423 e. The lowest BCUT2D eigenvalue weighted by molar-refractivity contribution is -0.120. The third-order valence-electron chi connectivity index (χ3n) is 15.0. The molecule has 2 unspecified atom stereocenters. The molecule has 3 N–H and O–H groups in total. The monoisotopic (exact) mass is 1310 g/mol. The molecule has 12 rings (SSSR count). The minimum absolute atomic E-state index is 0. The molecule has 0 aliphatic carbocycles. The van der Waals surface area contributed by atoms with Gasteiger partial charge in [0.05, 0.1) is 55.6 Å². The van der Waals surface area contributed by atoms with Gasteiger partial charge in [-0.2, -0.15) is 4.57 Å². The summed E-state index contributed by atoms with van der Waals surface area (Å²) in [5, 5.41) is 2.20. The molecule has 2 aliphatic rings. The molecule has 18 nitrogen and oxygen atoms in total. The van der Waals surface area contributed by atoms with Gasteiger partial charge in [0.2, 0.25) is 0 Å². The summed E-state index contributed by atoms with van der Waals surface area (Å²) in [5.74, 6) is 1.08. The number of carbonyl (C=O) groups excluding carboxylic acids is 3. The number of aliphatic imine (C=N–C) groups is 2. The summed E-state index contributed by atoms with van der Waals surface area (Å²) in [4.78, 5) is 97.2. The number of ether oxygens (including phenoxy) is 3. The lowest BCUT2D eigenvalue weighted by Gasteiger charge is -2.26. The minimum atomic E-state index is -0.845. The Morgan fingerprint density at radius 2 is 1.03 bits per heavy atom. The molecule has 6 heterocycles. The molecule has 2 amide bonds. The fraction of sp³-hybridized carbons (Fsp3) is 0.209. The quantitative estimate of drug-likeness (QED) is 0.0934. The zero-order valence-corrected chi connectivity index (χ0v) is 53.1. The molecule has 0 fully saturated rings. The number of benzodiazepines with no additional fused rings is 2. The van der Waals surface area contributed by atoms with Crippen molar-refractivity contribution in [3.8, 4) is 11.5 Å². The van der Waals surface area contributed by atoms with Crippen molar-refractivity contribution in [3.05, 3.63) is 244 Å². The van der Waals surface area contributed by atoms with Crippen molar-refractivity contribution in [2.24, 2.45) is 9.98 Å². The van der Waals surface area contributed by atoms with Crippen molar-refractivity contribution in [1.82, 2.24) is 29.5 Å². The lowest BCUT2D eigenvalue weighted by Crippen LogP contribution is -2.37. The van der Waals surface area contributed by atoms with Gasteiger partial charge in [0, 0.05) is 54.7 Å². The van der Waals surface area contributed by atoms with E-state index in [-0.39, 0.29) is 47.6 Å². The fourth-order valence-electron chi connectivity index (χ4n) is 10.7. The van der Waals surface area contributed by atoms with Gasteiger partial charge in [0.25, 0.3) is 11.8 Å². The van der Waals surface area contributed by atoms with E-state index in [1.165, 1.54) is 0 Å². The van der Waals surface area contributed by atoms with Crippen LogP contribution >= 0.6 is 58.8 Å². The number of amides is 2. The molecule has 6 aromatic carbocycles. The van der Waals surface area contributed by atoms with E-state index in [0.29, 0.717) is 114 Å². The first-order chi connectivity index (χ1) is 42.8.